The maximum Gasteiger partial charge on any atom is 0.0701 e. The average molecular weight is 925 g/mol. The van der Waals surface area contributed by atoms with Crippen molar-refractivity contribution in [3.63, 3.8) is 0 Å². The Labute approximate surface area is 378 Å². The van der Waals surface area contributed by atoms with E-state index in [1.54, 1.807) is 0 Å². The molecule has 0 saturated carbocycles. The third kappa shape index (κ3) is 61.2. The topological polar surface area (TPSA) is 227 Å². The third-order valence-electron chi connectivity index (χ3n) is 7.46. The van der Waals surface area contributed by atoms with Crippen LogP contribution in [0.4, 0.5) is 0 Å². The second kappa shape index (κ2) is 57.3. The highest BCUT2D eigenvalue weighted by Crippen LogP contribution is 1.90. The van der Waals surface area contributed by atoms with Crippen LogP contribution in [0.5, 0.6) is 0 Å². The molecule has 0 bridgehead atoms. The van der Waals surface area contributed by atoms with Crippen LogP contribution in [0, 0.1) is 0 Å². The molecule has 2 atom stereocenters. The van der Waals surface area contributed by atoms with Crippen molar-refractivity contribution in [2.75, 3.05) is 251 Å². The molecule has 0 aromatic heterocycles. The summed E-state index contributed by atoms with van der Waals surface area (Å²) in [6.45, 7) is 23.1. The number of ether oxygens (including phenoxy) is 19. The summed E-state index contributed by atoms with van der Waals surface area (Å²) in [5, 5.41) is 0. The SMILES string of the molecule is CC(N)COCCOCCOCCOCCOCCOCCOCCOCCOCCOCCOCCOCCOCCOCCOCCOCCOCCOCCOCC(C)N. The molecule has 0 aliphatic carbocycles. The van der Waals surface area contributed by atoms with E-state index in [4.69, 9.17) is 101 Å². The van der Waals surface area contributed by atoms with Gasteiger partial charge in [0.05, 0.1) is 251 Å². The Morgan fingerprint density at radius 2 is 0.254 bits per heavy atom. The molecule has 0 heterocycles. The van der Waals surface area contributed by atoms with Gasteiger partial charge in [0, 0.05) is 12.1 Å². The monoisotopic (exact) mass is 925 g/mol. The minimum Gasteiger partial charge on any atom is -0.377 e. The van der Waals surface area contributed by atoms with Crippen LogP contribution in [0.25, 0.3) is 0 Å². The molecule has 0 aromatic rings. The summed E-state index contributed by atoms with van der Waals surface area (Å²) in [4.78, 5) is 0. The van der Waals surface area contributed by atoms with Gasteiger partial charge < -0.3 is 101 Å². The van der Waals surface area contributed by atoms with Gasteiger partial charge in [-0.2, -0.15) is 0 Å². The molecule has 0 spiro atoms. The van der Waals surface area contributed by atoms with Gasteiger partial charge in [0.15, 0.2) is 0 Å². The second-order valence-corrected chi connectivity index (χ2v) is 13.5. The van der Waals surface area contributed by atoms with Crippen molar-refractivity contribution in [1.82, 2.24) is 0 Å². The first-order valence-electron chi connectivity index (χ1n) is 22.6. The highest BCUT2D eigenvalue weighted by molar-refractivity contribution is 4.49. The largest absolute Gasteiger partial charge is 0.377 e. The molecular weight excluding hydrogens is 836 g/mol. The molecule has 380 valence electrons. The fourth-order valence-corrected chi connectivity index (χ4v) is 4.39. The Kier molecular flexibility index (Phi) is 56.5. The predicted molar refractivity (Wildman–Crippen MR) is 233 cm³/mol. The first-order valence-corrected chi connectivity index (χ1v) is 22.6. The van der Waals surface area contributed by atoms with Crippen molar-refractivity contribution in [1.29, 1.82) is 0 Å². The van der Waals surface area contributed by atoms with Crippen LogP contribution >= 0.6 is 0 Å². The number of nitrogens with two attached hydrogens (primary N) is 2. The molecule has 0 saturated heterocycles. The molecule has 0 aliphatic heterocycles. The highest BCUT2D eigenvalue weighted by atomic mass is 16.6. The van der Waals surface area contributed by atoms with Gasteiger partial charge in [0.2, 0.25) is 0 Å². The minimum absolute atomic E-state index is 0.0403. The van der Waals surface area contributed by atoms with Crippen molar-refractivity contribution in [2.24, 2.45) is 11.5 Å². The van der Waals surface area contributed by atoms with Crippen LogP contribution in [0.15, 0.2) is 0 Å². The molecule has 21 nitrogen and oxygen atoms in total. The molecule has 2 unspecified atom stereocenters. The Balaban J connectivity index is 3.07. The Morgan fingerprint density at radius 1 is 0.175 bits per heavy atom. The molecule has 0 amide bonds. The van der Waals surface area contributed by atoms with Gasteiger partial charge in [0.25, 0.3) is 0 Å². The van der Waals surface area contributed by atoms with Crippen molar-refractivity contribution in [2.45, 2.75) is 25.9 Å². The van der Waals surface area contributed by atoms with Crippen molar-refractivity contribution in [3.05, 3.63) is 0 Å². The zero-order valence-electron chi connectivity index (χ0n) is 38.9. The lowest BCUT2D eigenvalue weighted by atomic mass is 10.4. The summed E-state index contributed by atoms with van der Waals surface area (Å²) in [7, 11) is 0. The zero-order chi connectivity index (χ0) is 45.5. The molecule has 0 aliphatic rings. The van der Waals surface area contributed by atoms with Crippen molar-refractivity contribution >= 4 is 0 Å². The molecule has 21 heteroatoms. The van der Waals surface area contributed by atoms with Gasteiger partial charge in [-0.15, -0.1) is 0 Å². The first-order chi connectivity index (χ1) is 31.1. The van der Waals surface area contributed by atoms with Crippen LogP contribution < -0.4 is 11.5 Å². The molecule has 0 radical (unpaired) electrons. The van der Waals surface area contributed by atoms with E-state index in [0.29, 0.717) is 251 Å². The third-order valence-corrected chi connectivity index (χ3v) is 7.46. The maximum absolute atomic E-state index is 5.60. The fraction of sp³-hybridized carbons (Fsp3) is 1.00. The van der Waals surface area contributed by atoms with E-state index in [1.165, 1.54) is 0 Å². The Morgan fingerprint density at radius 3 is 0.333 bits per heavy atom. The van der Waals surface area contributed by atoms with Gasteiger partial charge in [-0.25, -0.2) is 0 Å². The fourth-order valence-electron chi connectivity index (χ4n) is 4.39. The number of hydrogen-bond donors (Lipinski definition) is 2. The number of rotatable bonds is 58. The van der Waals surface area contributed by atoms with Crippen molar-refractivity contribution in [3.8, 4) is 0 Å². The highest BCUT2D eigenvalue weighted by Gasteiger charge is 2.00. The normalized spacial score (nSPS) is 12.8. The maximum atomic E-state index is 5.60. The van der Waals surface area contributed by atoms with Gasteiger partial charge in [-0.3, -0.25) is 0 Å². The smallest absolute Gasteiger partial charge is 0.0701 e. The van der Waals surface area contributed by atoms with Crippen LogP contribution in [-0.4, -0.2) is 263 Å². The van der Waals surface area contributed by atoms with E-state index in [9.17, 15) is 0 Å². The molecule has 0 aromatic carbocycles. The van der Waals surface area contributed by atoms with E-state index in [1.807, 2.05) is 13.8 Å². The van der Waals surface area contributed by atoms with Crippen molar-refractivity contribution < 1.29 is 90.0 Å². The Hall–Kier alpha value is -0.840. The van der Waals surface area contributed by atoms with E-state index in [2.05, 4.69) is 0 Å². The second-order valence-electron chi connectivity index (χ2n) is 13.5. The van der Waals surface area contributed by atoms with Gasteiger partial charge in [0.1, 0.15) is 0 Å². The van der Waals surface area contributed by atoms with E-state index in [0.717, 1.165) is 0 Å². The summed E-state index contributed by atoms with van der Waals surface area (Å²) in [5.74, 6) is 0. The molecular formula is C42H88N2O19. The number of hydrogen-bond acceptors (Lipinski definition) is 21. The van der Waals surface area contributed by atoms with Crippen LogP contribution in [0.2, 0.25) is 0 Å². The van der Waals surface area contributed by atoms with Crippen LogP contribution in [0.1, 0.15) is 13.8 Å². The van der Waals surface area contributed by atoms with Gasteiger partial charge in [-0.1, -0.05) is 0 Å². The first kappa shape index (κ1) is 62.2. The quantitative estimate of drug-likeness (QED) is 0.0766. The van der Waals surface area contributed by atoms with E-state index >= 15 is 0 Å². The van der Waals surface area contributed by atoms with E-state index < -0.39 is 0 Å². The summed E-state index contributed by atoms with van der Waals surface area (Å²) in [6, 6.07) is 0.0806. The standard InChI is InChI=1S/C42H88N2O19/c1-41(43)39-62-37-35-60-33-31-58-29-27-56-25-23-54-21-19-52-17-15-50-13-11-48-9-7-46-5-3-45-4-6-47-8-10-49-12-14-51-16-18-53-20-22-55-24-26-57-28-30-59-32-34-61-36-38-63-40-42(2)44/h41-42H,3-40,43-44H2,1-2H3. The molecule has 63 heavy (non-hydrogen) atoms. The molecule has 0 fully saturated rings. The van der Waals surface area contributed by atoms with E-state index in [-0.39, 0.29) is 12.1 Å². The summed E-state index contributed by atoms with van der Waals surface area (Å²) in [6.07, 6.45) is 0. The summed E-state index contributed by atoms with van der Waals surface area (Å²) in [5.41, 5.74) is 11.2. The minimum atomic E-state index is 0.0403. The van der Waals surface area contributed by atoms with Gasteiger partial charge in [-0.05, 0) is 13.8 Å². The lowest BCUT2D eigenvalue weighted by Gasteiger charge is -2.09. The zero-order valence-corrected chi connectivity index (χ0v) is 38.9. The lowest BCUT2D eigenvalue weighted by Crippen LogP contribution is -2.23. The van der Waals surface area contributed by atoms with Crippen LogP contribution in [0.3, 0.4) is 0 Å². The summed E-state index contributed by atoms with van der Waals surface area (Å²) < 4.78 is 104. The summed E-state index contributed by atoms with van der Waals surface area (Å²) >= 11 is 0. The lowest BCUT2D eigenvalue weighted by molar-refractivity contribution is -0.0312. The average Bonchev–Trinajstić information content (AvgIpc) is 3.27. The molecule has 4 N–H and O–H groups in total. The van der Waals surface area contributed by atoms with Gasteiger partial charge >= 0.3 is 0 Å². The molecule has 0 rings (SSSR count). The Bertz CT molecular complexity index is 755. The predicted octanol–water partition coefficient (Wildman–Crippen LogP) is -0.00380. The van der Waals surface area contributed by atoms with Crippen LogP contribution in [-0.2, 0) is 90.0 Å².